The largest absolute Gasteiger partial charge is 0.355 e. The van der Waals surface area contributed by atoms with Crippen LogP contribution in [-0.2, 0) is 6.54 Å². The van der Waals surface area contributed by atoms with Crippen molar-refractivity contribution in [2.24, 2.45) is 0 Å². The van der Waals surface area contributed by atoms with E-state index in [-0.39, 0.29) is 12.2 Å². The van der Waals surface area contributed by atoms with E-state index in [9.17, 15) is 13.6 Å². The second kappa shape index (κ2) is 8.87. The summed E-state index contributed by atoms with van der Waals surface area (Å²) in [4.78, 5) is 23.5. The van der Waals surface area contributed by atoms with Crippen LogP contribution in [0.25, 0.3) is 10.6 Å². The van der Waals surface area contributed by atoms with Crippen LogP contribution < -0.4 is 10.2 Å². The Morgan fingerprint density at radius 2 is 1.90 bits per heavy atom. The Morgan fingerprint density at radius 1 is 1.14 bits per heavy atom. The quantitative estimate of drug-likeness (QED) is 0.661. The number of aromatic nitrogens is 2. The number of nitrogens with zero attached hydrogens (tertiary/aromatic N) is 3. The van der Waals surface area contributed by atoms with Crippen LogP contribution in [0.2, 0.25) is 0 Å². The van der Waals surface area contributed by atoms with Gasteiger partial charge < -0.3 is 10.2 Å². The molecule has 29 heavy (non-hydrogen) atoms. The number of hydrogen-bond donors (Lipinski definition) is 1. The van der Waals surface area contributed by atoms with Gasteiger partial charge in [-0.25, -0.2) is 18.7 Å². The Labute approximate surface area is 175 Å². The number of anilines is 1. The lowest BCUT2D eigenvalue weighted by atomic mass is 10.2. The SMILES string of the molecule is O=C(NCc1cc(F)cc(F)c1)c1csc(-c2ccc(N3CCSCC3)nc2)n1. The number of amides is 1. The van der Waals surface area contributed by atoms with Crippen molar-refractivity contribution < 1.29 is 13.6 Å². The molecule has 0 aliphatic carbocycles. The monoisotopic (exact) mass is 432 g/mol. The highest BCUT2D eigenvalue weighted by Crippen LogP contribution is 2.25. The van der Waals surface area contributed by atoms with E-state index in [1.165, 1.54) is 23.5 Å². The Balaban J connectivity index is 1.40. The number of nitrogens with one attached hydrogen (secondary N) is 1. The number of carbonyl (C=O) groups is 1. The first kappa shape index (κ1) is 19.8. The molecule has 0 atom stereocenters. The standard InChI is InChI=1S/C20H18F2N4OS2/c21-15-7-13(8-16(22)9-15)10-24-19(27)17-12-29-20(25-17)14-1-2-18(23-11-14)26-3-5-28-6-4-26/h1-2,7-9,11-12H,3-6,10H2,(H,24,27). The predicted molar refractivity (Wildman–Crippen MR) is 112 cm³/mol. The molecule has 1 aliphatic heterocycles. The highest BCUT2D eigenvalue weighted by atomic mass is 32.2. The topological polar surface area (TPSA) is 58.1 Å². The zero-order valence-electron chi connectivity index (χ0n) is 15.4. The summed E-state index contributed by atoms with van der Waals surface area (Å²) in [6.45, 7) is 2.01. The van der Waals surface area contributed by atoms with Crippen LogP contribution in [0.5, 0.6) is 0 Å². The molecule has 1 saturated heterocycles. The summed E-state index contributed by atoms with van der Waals surface area (Å²) in [6.07, 6.45) is 1.77. The molecule has 0 unspecified atom stereocenters. The number of thioether (sulfide) groups is 1. The van der Waals surface area contributed by atoms with Crippen LogP contribution in [0.1, 0.15) is 16.1 Å². The summed E-state index contributed by atoms with van der Waals surface area (Å²) in [6, 6.07) is 7.10. The van der Waals surface area contributed by atoms with Gasteiger partial charge in [-0.3, -0.25) is 4.79 Å². The third-order valence-electron chi connectivity index (χ3n) is 4.44. The Bertz CT molecular complexity index is 984. The van der Waals surface area contributed by atoms with Crippen molar-refractivity contribution >= 4 is 34.8 Å². The average Bonchev–Trinajstić information content (AvgIpc) is 3.22. The van der Waals surface area contributed by atoms with Crippen molar-refractivity contribution in [3.63, 3.8) is 0 Å². The van der Waals surface area contributed by atoms with Gasteiger partial charge in [0.2, 0.25) is 0 Å². The third kappa shape index (κ3) is 4.91. The van der Waals surface area contributed by atoms with Crippen molar-refractivity contribution in [1.82, 2.24) is 15.3 Å². The van der Waals surface area contributed by atoms with Gasteiger partial charge in [0, 0.05) is 54.3 Å². The lowest BCUT2D eigenvalue weighted by Crippen LogP contribution is -2.32. The fourth-order valence-electron chi connectivity index (χ4n) is 2.99. The maximum Gasteiger partial charge on any atom is 0.271 e. The smallest absolute Gasteiger partial charge is 0.271 e. The molecule has 9 heteroatoms. The normalized spacial score (nSPS) is 14.1. The molecule has 3 aromatic rings. The Morgan fingerprint density at radius 3 is 2.59 bits per heavy atom. The van der Waals surface area contributed by atoms with Gasteiger partial charge in [-0.1, -0.05) is 0 Å². The molecule has 0 bridgehead atoms. The number of hydrogen-bond acceptors (Lipinski definition) is 6. The van der Waals surface area contributed by atoms with Gasteiger partial charge in [-0.15, -0.1) is 11.3 Å². The van der Waals surface area contributed by atoms with E-state index in [1.807, 2.05) is 23.9 Å². The van der Waals surface area contributed by atoms with Crippen LogP contribution in [-0.4, -0.2) is 40.5 Å². The molecule has 1 aromatic carbocycles. The van der Waals surface area contributed by atoms with Gasteiger partial charge in [-0.05, 0) is 29.8 Å². The highest BCUT2D eigenvalue weighted by molar-refractivity contribution is 7.99. The lowest BCUT2D eigenvalue weighted by molar-refractivity contribution is 0.0946. The summed E-state index contributed by atoms with van der Waals surface area (Å²) in [5.74, 6) is 1.42. The van der Waals surface area contributed by atoms with E-state index in [0.717, 1.165) is 42.0 Å². The van der Waals surface area contributed by atoms with Crippen molar-refractivity contribution in [1.29, 1.82) is 0 Å². The number of pyridine rings is 1. The molecule has 0 spiro atoms. The van der Waals surface area contributed by atoms with E-state index in [2.05, 4.69) is 20.2 Å². The molecule has 1 aliphatic rings. The molecule has 1 amide bonds. The number of thiazole rings is 1. The summed E-state index contributed by atoms with van der Waals surface area (Å²) in [5.41, 5.74) is 1.46. The van der Waals surface area contributed by atoms with Gasteiger partial charge in [0.25, 0.3) is 5.91 Å². The van der Waals surface area contributed by atoms with E-state index in [1.54, 1.807) is 11.6 Å². The van der Waals surface area contributed by atoms with Crippen molar-refractivity contribution in [3.8, 4) is 10.6 Å². The van der Waals surface area contributed by atoms with Crippen molar-refractivity contribution in [2.75, 3.05) is 29.5 Å². The van der Waals surface area contributed by atoms with Crippen molar-refractivity contribution in [3.05, 3.63) is 64.8 Å². The van der Waals surface area contributed by atoms with Gasteiger partial charge in [0.15, 0.2) is 0 Å². The molecule has 1 fully saturated rings. The highest BCUT2D eigenvalue weighted by Gasteiger charge is 2.15. The first-order valence-corrected chi connectivity index (χ1v) is 11.1. The molecule has 150 valence electrons. The van der Waals surface area contributed by atoms with E-state index in [4.69, 9.17) is 0 Å². The van der Waals surface area contributed by atoms with Gasteiger partial charge in [-0.2, -0.15) is 11.8 Å². The summed E-state index contributed by atoms with van der Waals surface area (Å²) in [5, 5.41) is 4.99. The van der Waals surface area contributed by atoms with Gasteiger partial charge >= 0.3 is 0 Å². The zero-order chi connectivity index (χ0) is 20.2. The molecule has 0 saturated carbocycles. The minimum atomic E-state index is -0.676. The van der Waals surface area contributed by atoms with E-state index < -0.39 is 17.5 Å². The minimum absolute atomic E-state index is 0.0186. The lowest BCUT2D eigenvalue weighted by Gasteiger charge is -2.27. The maximum atomic E-state index is 13.2. The molecule has 1 N–H and O–H groups in total. The molecular weight excluding hydrogens is 414 g/mol. The third-order valence-corrected chi connectivity index (χ3v) is 6.28. The minimum Gasteiger partial charge on any atom is -0.355 e. The average molecular weight is 433 g/mol. The van der Waals surface area contributed by atoms with Crippen LogP contribution in [0.15, 0.2) is 41.9 Å². The second-order valence-electron chi connectivity index (χ2n) is 6.50. The number of benzene rings is 1. The van der Waals surface area contributed by atoms with Crippen LogP contribution in [0, 0.1) is 11.6 Å². The van der Waals surface area contributed by atoms with Crippen LogP contribution >= 0.6 is 23.1 Å². The van der Waals surface area contributed by atoms with E-state index in [0.29, 0.717) is 10.6 Å². The summed E-state index contributed by atoms with van der Waals surface area (Å²) >= 11 is 3.30. The first-order valence-electron chi connectivity index (χ1n) is 9.06. The molecule has 2 aromatic heterocycles. The fraction of sp³-hybridized carbons (Fsp3) is 0.250. The molecule has 3 heterocycles. The van der Waals surface area contributed by atoms with Crippen LogP contribution in [0.4, 0.5) is 14.6 Å². The van der Waals surface area contributed by atoms with Crippen LogP contribution in [0.3, 0.4) is 0 Å². The van der Waals surface area contributed by atoms with Gasteiger partial charge in [0.05, 0.1) is 0 Å². The predicted octanol–water partition coefficient (Wildman–Crippen LogP) is 3.97. The Hall–Kier alpha value is -2.52. The van der Waals surface area contributed by atoms with Gasteiger partial charge in [0.1, 0.15) is 28.2 Å². The number of rotatable bonds is 5. The Kier molecular flexibility index (Phi) is 6.05. The number of carbonyl (C=O) groups excluding carboxylic acids is 1. The summed E-state index contributed by atoms with van der Waals surface area (Å²) in [7, 11) is 0. The molecule has 5 nitrogen and oxygen atoms in total. The first-order chi connectivity index (χ1) is 14.1. The second-order valence-corrected chi connectivity index (χ2v) is 8.59. The summed E-state index contributed by atoms with van der Waals surface area (Å²) < 4.78 is 26.5. The fourth-order valence-corrected chi connectivity index (χ4v) is 4.68. The molecule has 4 rings (SSSR count). The van der Waals surface area contributed by atoms with E-state index >= 15 is 0 Å². The van der Waals surface area contributed by atoms with Crippen molar-refractivity contribution in [2.45, 2.75) is 6.54 Å². The number of halogens is 2. The molecule has 0 radical (unpaired) electrons. The molecular formula is C20H18F2N4OS2. The maximum absolute atomic E-state index is 13.2. The zero-order valence-corrected chi connectivity index (χ0v) is 17.0.